The number of nitrogens with zero attached hydrogens (tertiary/aromatic N) is 3. The number of hydrogen-bond acceptors (Lipinski definition) is 6. The lowest BCUT2D eigenvalue weighted by Crippen LogP contribution is -2.43. The minimum Gasteiger partial charge on any atom is -0.464 e. The number of nitrogens with one attached hydrogen (secondary N) is 2. The summed E-state index contributed by atoms with van der Waals surface area (Å²) in [5.41, 5.74) is 1.91. The molecule has 3 rings (SSSR count). The number of H-pyrrole nitrogens is 1. The molecule has 0 unspecified atom stereocenters. The van der Waals surface area contributed by atoms with E-state index in [0.29, 0.717) is 32.5 Å². The fourth-order valence-electron chi connectivity index (χ4n) is 3.95. The quantitative estimate of drug-likeness (QED) is 0.703. The van der Waals surface area contributed by atoms with Crippen molar-refractivity contribution in [1.29, 1.82) is 0 Å². The topological polar surface area (TPSA) is 108 Å². The van der Waals surface area contributed by atoms with E-state index in [1.54, 1.807) is 4.90 Å². The second-order valence-corrected chi connectivity index (χ2v) is 7.28. The van der Waals surface area contributed by atoms with Crippen molar-refractivity contribution < 1.29 is 19.1 Å². The molecule has 2 amide bonds. The van der Waals surface area contributed by atoms with Gasteiger partial charge in [-0.1, -0.05) is 0 Å². The minimum absolute atomic E-state index is 0.0337. The lowest BCUT2D eigenvalue weighted by Gasteiger charge is -2.30. The first kappa shape index (κ1) is 19.3. The Bertz CT molecular complexity index is 731. The zero-order valence-corrected chi connectivity index (χ0v) is 16.1. The molecule has 1 fully saturated rings. The highest BCUT2D eigenvalue weighted by molar-refractivity contribution is 5.89. The number of hydrogen-bond donors (Lipinski definition) is 2. The summed E-state index contributed by atoms with van der Waals surface area (Å²) in [4.78, 5) is 39.8. The zero-order chi connectivity index (χ0) is 19.6. The molecule has 0 saturated carbocycles. The van der Waals surface area contributed by atoms with Gasteiger partial charge in [-0.15, -0.1) is 0 Å². The Balaban J connectivity index is 1.59. The van der Waals surface area contributed by atoms with Crippen molar-refractivity contribution in [2.45, 2.75) is 51.2 Å². The summed E-state index contributed by atoms with van der Waals surface area (Å²) < 4.78 is 4.77. The molecular weight excluding hydrogens is 350 g/mol. The summed E-state index contributed by atoms with van der Waals surface area (Å²) in [7, 11) is 3.33. The van der Waals surface area contributed by atoms with E-state index in [1.807, 2.05) is 7.05 Å². The molecule has 0 radical (unpaired) electrons. The Morgan fingerprint density at radius 3 is 2.74 bits per heavy atom. The molecule has 9 heteroatoms. The fraction of sp³-hybridized carbons (Fsp3) is 0.667. The molecule has 2 N–H and O–H groups in total. The van der Waals surface area contributed by atoms with E-state index in [9.17, 15) is 14.4 Å². The number of likely N-dealkylation sites (N-methyl/N-ethyl adjacent to an activating group) is 1. The van der Waals surface area contributed by atoms with Crippen molar-refractivity contribution in [3.63, 3.8) is 0 Å². The number of esters is 1. The van der Waals surface area contributed by atoms with E-state index < -0.39 is 5.97 Å². The highest BCUT2D eigenvalue weighted by atomic mass is 16.5. The number of likely N-dealkylation sites (tertiary alicyclic amines) is 1. The predicted molar refractivity (Wildman–Crippen MR) is 96.9 cm³/mol. The molecule has 0 aromatic carbocycles. The molecule has 2 aliphatic heterocycles. The van der Waals surface area contributed by atoms with Crippen molar-refractivity contribution in [1.82, 2.24) is 25.3 Å². The molecule has 2 atom stereocenters. The number of aromatic nitrogens is 2. The molecule has 0 aliphatic carbocycles. The monoisotopic (exact) mass is 377 g/mol. The predicted octanol–water partition coefficient (Wildman–Crippen LogP) is 0.0700. The third-order valence-electron chi connectivity index (χ3n) is 5.65. The Hall–Kier alpha value is -2.42. The summed E-state index contributed by atoms with van der Waals surface area (Å²) >= 11 is 0. The Labute approximate surface area is 158 Å². The van der Waals surface area contributed by atoms with Crippen LogP contribution in [-0.4, -0.2) is 77.1 Å². The second-order valence-electron chi connectivity index (χ2n) is 7.28. The van der Waals surface area contributed by atoms with E-state index in [0.717, 1.165) is 24.1 Å². The Morgan fingerprint density at radius 1 is 1.30 bits per heavy atom. The van der Waals surface area contributed by atoms with Gasteiger partial charge in [-0.2, -0.15) is 5.10 Å². The molecule has 3 heterocycles. The Morgan fingerprint density at radius 2 is 2.04 bits per heavy atom. The molecule has 2 aliphatic rings. The van der Waals surface area contributed by atoms with Gasteiger partial charge in [-0.05, 0) is 19.9 Å². The van der Waals surface area contributed by atoms with Crippen LogP contribution in [0, 0.1) is 0 Å². The molecule has 27 heavy (non-hydrogen) atoms. The van der Waals surface area contributed by atoms with Crippen molar-refractivity contribution in [2.24, 2.45) is 0 Å². The molecule has 1 aromatic rings. The standard InChI is InChI=1S/C18H27N5O4/c1-11(24)19-9-13-5-4-12(22(13)2)8-16(25)23-7-6-15-14(10-23)17(21-20-15)18(26)27-3/h12-13H,4-10H2,1-3H3,(H,19,24)(H,20,21)/t12-,13+/m0/s1. The van der Waals surface area contributed by atoms with Crippen LogP contribution in [0.3, 0.4) is 0 Å². The van der Waals surface area contributed by atoms with Gasteiger partial charge in [0.25, 0.3) is 0 Å². The number of carbonyl (C=O) groups is 3. The first-order valence-corrected chi connectivity index (χ1v) is 9.29. The molecule has 0 bridgehead atoms. The number of methoxy groups -OCH3 is 1. The van der Waals surface area contributed by atoms with Crippen LogP contribution in [0.4, 0.5) is 0 Å². The van der Waals surface area contributed by atoms with Gasteiger partial charge in [0.2, 0.25) is 11.8 Å². The number of ether oxygens (including phenoxy) is 1. The minimum atomic E-state index is -0.488. The average molecular weight is 377 g/mol. The number of amides is 2. The van der Waals surface area contributed by atoms with Gasteiger partial charge in [0.1, 0.15) is 0 Å². The maximum atomic E-state index is 12.8. The van der Waals surface area contributed by atoms with Gasteiger partial charge >= 0.3 is 5.97 Å². The van der Waals surface area contributed by atoms with Gasteiger partial charge < -0.3 is 15.0 Å². The van der Waals surface area contributed by atoms with Crippen LogP contribution in [0.2, 0.25) is 0 Å². The maximum absolute atomic E-state index is 12.8. The van der Waals surface area contributed by atoms with Gasteiger partial charge in [-0.25, -0.2) is 4.79 Å². The summed E-state index contributed by atoms with van der Waals surface area (Å²) in [5, 5.41) is 9.78. The van der Waals surface area contributed by atoms with Crippen LogP contribution in [0.5, 0.6) is 0 Å². The first-order chi connectivity index (χ1) is 12.9. The summed E-state index contributed by atoms with van der Waals surface area (Å²) in [6.45, 7) is 3.11. The molecule has 1 aromatic heterocycles. The van der Waals surface area contributed by atoms with Crippen LogP contribution in [0.25, 0.3) is 0 Å². The molecule has 9 nitrogen and oxygen atoms in total. The zero-order valence-electron chi connectivity index (χ0n) is 16.1. The van der Waals surface area contributed by atoms with E-state index in [2.05, 4.69) is 20.4 Å². The number of fused-ring (bicyclic) bond motifs is 1. The lowest BCUT2D eigenvalue weighted by atomic mass is 10.0. The second kappa shape index (κ2) is 8.08. The third-order valence-corrected chi connectivity index (χ3v) is 5.65. The summed E-state index contributed by atoms with van der Waals surface area (Å²) in [6, 6.07) is 0.432. The van der Waals surface area contributed by atoms with Crippen molar-refractivity contribution in [3.05, 3.63) is 17.0 Å². The summed E-state index contributed by atoms with van der Waals surface area (Å²) in [6.07, 6.45) is 2.99. The largest absolute Gasteiger partial charge is 0.464 e. The van der Waals surface area contributed by atoms with Crippen LogP contribution in [0.15, 0.2) is 0 Å². The van der Waals surface area contributed by atoms with Crippen molar-refractivity contribution in [2.75, 3.05) is 27.2 Å². The number of carbonyl (C=O) groups excluding carboxylic acids is 3. The number of aromatic amines is 1. The molecule has 148 valence electrons. The van der Waals surface area contributed by atoms with Gasteiger partial charge in [0.15, 0.2) is 5.69 Å². The lowest BCUT2D eigenvalue weighted by molar-refractivity contribution is -0.133. The van der Waals surface area contributed by atoms with Crippen LogP contribution in [-0.2, 0) is 27.3 Å². The summed E-state index contributed by atoms with van der Waals surface area (Å²) in [5.74, 6) is -0.443. The molecule has 0 spiro atoms. The smallest absolute Gasteiger partial charge is 0.358 e. The molecular formula is C18H27N5O4. The maximum Gasteiger partial charge on any atom is 0.358 e. The first-order valence-electron chi connectivity index (χ1n) is 9.29. The van der Waals surface area contributed by atoms with Crippen LogP contribution < -0.4 is 5.32 Å². The molecule has 1 saturated heterocycles. The van der Waals surface area contributed by atoms with Crippen LogP contribution >= 0.6 is 0 Å². The van der Waals surface area contributed by atoms with Crippen molar-refractivity contribution in [3.8, 4) is 0 Å². The van der Waals surface area contributed by atoms with Gasteiger partial charge in [0.05, 0.1) is 7.11 Å². The highest BCUT2D eigenvalue weighted by Crippen LogP contribution is 2.27. The van der Waals surface area contributed by atoms with Gasteiger partial charge in [-0.3, -0.25) is 19.6 Å². The fourth-order valence-corrected chi connectivity index (χ4v) is 3.95. The SMILES string of the molecule is COC(=O)c1n[nH]c2c1CN(C(=O)C[C@@H]1CC[C@H](CNC(C)=O)N1C)CC2. The normalized spacial score (nSPS) is 22.4. The third kappa shape index (κ3) is 4.13. The van der Waals surface area contributed by atoms with E-state index in [-0.39, 0.29) is 29.6 Å². The van der Waals surface area contributed by atoms with Crippen molar-refractivity contribution >= 4 is 17.8 Å². The van der Waals surface area contributed by atoms with Gasteiger partial charge in [0, 0.05) is 62.7 Å². The van der Waals surface area contributed by atoms with Crippen LogP contribution in [0.1, 0.15) is 47.9 Å². The average Bonchev–Trinajstić information content (AvgIpc) is 3.23. The van der Waals surface area contributed by atoms with E-state index in [1.165, 1.54) is 14.0 Å². The van der Waals surface area contributed by atoms with E-state index >= 15 is 0 Å². The Kier molecular flexibility index (Phi) is 5.79. The number of rotatable bonds is 5. The van der Waals surface area contributed by atoms with E-state index in [4.69, 9.17) is 4.74 Å². The highest BCUT2D eigenvalue weighted by Gasteiger charge is 2.34.